The lowest BCUT2D eigenvalue weighted by molar-refractivity contribution is -0.150. The molecule has 20 heavy (non-hydrogen) atoms. The van der Waals surface area contributed by atoms with Gasteiger partial charge in [-0.3, -0.25) is 4.79 Å². The second-order valence-corrected chi connectivity index (χ2v) is 5.42. The third-order valence-corrected chi connectivity index (χ3v) is 3.55. The van der Waals surface area contributed by atoms with Gasteiger partial charge in [-0.05, 0) is 31.7 Å². The van der Waals surface area contributed by atoms with E-state index in [0.29, 0.717) is 17.9 Å². The molecule has 0 saturated heterocycles. The zero-order valence-electron chi connectivity index (χ0n) is 12.5. The van der Waals surface area contributed by atoms with Crippen molar-refractivity contribution in [3.63, 3.8) is 0 Å². The summed E-state index contributed by atoms with van der Waals surface area (Å²) in [5.74, 6) is -0.440. The zero-order valence-corrected chi connectivity index (χ0v) is 12.5. The molecule has 0 bridgehead atoms. The van der Waals surface area contributed by atoms with Crippen LogP contribution in [-0.4, -0.2) is 19.1 Å². The van der Waals surface area contributed by atoms with Crippen molar-refractivity contribution in [3.05, 3.63) is 35.6 Å². The lowest BCUT2D eigenvalue weighted by atomic mass is 9.75. The number of nitrogens with two attached hydrogens (primary N) is 1. The van der Waals surface area contributed by atoms with Gasteiger partial charge in [0.2, 0.25) is 0 Å². The minimum absolute atomic E-state index is 0.0412. The predicted molar refractivity (Wildman–Crippen MR) is 77.8 cm³/mol. The van der Waals surface area contributed by atoms with Crippen LogP contribution in [0.5, 0.6) is 0 Å². The van der Waals surface area contributed by atoms with Crippen molar-refractivity contribution < 1.29 is 13.9 Å². The molecule has 0 radical (unpaired) electrons. The number of carbonyl (C=O) groups excluding carboxylic acids is 1. The van der Waals surface area contributed by atoms with Crippen LogP contribution in [0.3, 0.4) is 0 Å². The van der Waals surface area contributed by atoms with Gasteiger partial charge >= 0.3 is 5.97 Å². The number of hydrogen-bond acceptors (Lipinski definition) is 3. The quantitative estimate of drug-likeness (QED) is 0.782. The van der Waals surface area contributed by atoms with Crippen molar-refractivity contribution in [2.24, 2.45) is 11.7 Å². The first-order valence-electron chi connectivity index (χ1n) is 7.10. The summed E-state index contributed by atoms with van der Waals surface area (Å²) in [6, 6.07) is 6.30. The summed E-state index contributed by atoms with van der Waals surface area (Å²) in [5, 5.41) is 0. The van der Waals surface area contributed by atoms with Crippen LogP contribution in [0.15, 0.2) is 24.3 Å². The molecule has 1 rings (SSSR count). The minimum Gasteiger partial charge on any atom is -0.465 e. The summed E-state index contributed by atoms with van der Waals surface area (Å²) in [4.78, 5) is 12.4. The number of esters is 1. The Morgan fingerprint density at radius 3 is 2.55 bits per heavy atom. The molecule has 0 amide bonds. The number of benzene rings is 1. The van der Waals surface area contributed by atoms with Gasteiger partial charge in [0.1, 0.15) is 11.2 Å². The molecular formula is C16H24FNO2. The van der Waals surface area contributed by atoms with Crippen LogP contribution in [0.2, 0.25) is 0 Å². The van der Waals surface area contributed by atoms with E-state index < -0.39 is 17.2 Å². The highest BCUT2D eigenvalue weighted by atomic mass is 19.1. The Morgan fingerprint density at radius 1 is 1.40 bits per heavy atom. The fourth-order valence-corrected chi connectivity index (χ4v) is 2.30. The number of hydrogen-bond donors (Lipinski definition) is 1. The Hall–Kier alpha value is -1.42. The van der Waals surface area contributed by atoms with Crippen LogP contribution in [0.1, 0.15) is 39.2 Å². The Labute approximate surface area is 120 Å². The first-order chi connectivity index (χ1) is 9.47. The maximum absolute atomic E-state index is 14.1. The average molecular weight is 281 g/mol. The van der Waals surface area contributed by atoms with Crippen LogP contribution in [0.25, 0.3) is 0 Å². The van der Waals surface area contributed by atoms with Gasteiger partial charge in [0.15, 0.2) is 0 Å². The van der Waals surface area contributed by atoms with E-state index in [-0.39, 0.29) is 13.2 Å². The summed E-state index contributed by atoms with van der Waals surface area (Å²) in [6.45, 7) is 6.17. The lowest BCUT2D eigenvalue weighted by Crippen LogP contribution is -2.45. The maximum Gasteiger partial charge on any atom is 0.317 e. The lowest BCUT2D eigenvalue weighted by Gasteiger charge is -2.31. The molecule has 1 unspecified atom stereocenters. The minimum atomic E-state index is -1.09. The molecule has 2 N–H and O–H groups in total. The van der Waals surface area contributed by atoms with Gasteiger partial charge in [0.05, 0.1) is 6.61 Å². The zero-order chi connectivity index (χ0) is 15.2. The van der Waals surface area contributed by atoms with E-state index in [0.717, 1.165) is 6.42 Å². The molecule has 0 spiro atoms. The van der Waals surface area contributed by atoms with E-state index in [2.05, 4.69) is 13.8 Å². The van der Waals surface area contributed by atoms with Gasteiger partial charge < -0.3 is 10.5 Å². The van der Waals surface area contributed by atoms with Crippen LogP contribution >= 0.6 is 0 Å². The third kappa shape index (κ3) is 3.57. The van der Waals surface area contributed by atoms with Gasteiger partial charge in [-0.2, -0.15) is 0 Å². The Balaban J connectivity index is 3.23. The highest BCUT2D eigenvalue weighted by Crippen LogP contribution is 2.33. The molecule has 0 aliphatic rings. The average Bonchev–Trinajstić information content (AvgIpc) is 2.41. The van der Waals surface area contributed by atoms with Crippen LogP contribution in [0.4, 0.5) is 4.39 Å². The summed E-state index contributed by atoms with van der Waals surface area (Å²) in [6.07, 6.45) is 1.27. The molecule has 0 aromatic heterocycles. The Bertz CT molecular complexity index is 448. The fraction of sp³-hybridized carbons (Fsp3) is 0.562. The molecule has 112 valence electrons. The van der Waals surface area contributed by atoms with Crippen molar-refractivity contribution in [2.45, 2.75) is 39.0 Å². The summed E-state index contributed by atoms with van der Waals surface area (Å²) in [5.41, 5.74) is 5.10. The van der Waals surface area contributed by atoms with Crippen molar-refractivity contribution in [3.8, 4) is 0 Å². The number of rotatable bonds is 7. The van der Waals surface area contributed by atoms with Crippen molar-refractivity contribution in [1.82, 2.24) is 0 Å². The molecule has 0 saturated carbocycles. The first-order valence-corrected chi connectivity index (χ1v) is 7.10. The smallest absolute Gasteiger partial charge is 0.317 e. The second kappa shape index (κ2) is 7.39. The van der Waals surface area contributed by atoms with Gasteiger partial charge in [0.25, 0.3) is 0 Å². The van der Waals surface area contributed by atoms with E-state index in [9.17, 15) is 9.18 Å². The summed E-state index contributed by atoms with van der Waals surface area (Å²) >= 11 is 0. The first kappa shape index (κ1) is 16.6. The van der Waals surface area contributed by atoms with Gasteiger partial charge in [-0.1, -0.05) is 32.0 Å². The summed E-state index contributed by atoms with van der Waals surface area (Å²) < 4.78 is 19.3. The molecule has 1 aromatic rings. The van der Waals surface area contributed by atoms with E-state index in [1.165, 1.54) is 6.07 Å². The molecule has 0 aliphatic heterocycles. The number of carbonyl (C=O) groups is 1. The second-order valence-electron chi connectivity index (χ2n) is 5.42. The molecule has 1 atom stereocenters. The SMILES string of the molecule is CCOC(=O)C(CN)(CCC(C)C)c1ccccc1F. The van der Waals surface area contributed by atoms with Gasteiger partial charge in [-0.15, -0.1) is 0 Å². The number of halogens is 1. The summed E-state index contributed by atoms with van der Waals surface area (Å²) in [7, 11) is 0. The predicted octanol–water partition coefficient (Wildman–Crippen LogP) is 3.02. The number of ether oxygens (including phenoxy) is 1. The van der Waals surface area contributed by atoms with E-state index in [4.69, 9.17) is 10.5 Å². The fourth-order valence-electron chi connectivity index (χ4n) is 2.30. The van der Waals surface area contributed by atoms with Crippen molar-refractivity contribution >= 4 is 5.97 Å². The largest absolute Gasteiger partial charge is 0.465 e. The topological polar surface area (TPSA) is 52.3 Å². The Morgan fingerprint density at radius 2 is 2.05 bits per heavy atom. The standard InChI is InChI=1S/C16H24FNO2/c1-4-20-15(19)16(11-18,10-9-12(2)3)13-7-5-6-8-14(13)17/h5-8,12H,4,9-11,18H2,1-3H3. The van der Waals surface area contributed by atoms with Crippen molar-refractivity contribution in [1.29, 1.82) is 0 Å². The van der Waals surface area contributed by atoms with Gasteiger partial charge in [0, 0.05) is 12.1 Å². The molecule has 0 heterocycles. The monoisotopic (exact) mass is 281 g/mol. The molecular weight excluding hydrogens is 257 g/mol. The van der Waals surface area contributed by atoms with Crippen LogP contribution < -0.4 is 5.73 Å². The van der Waals surface area contributed by atoms with E-state index >= 15 is 0 Å². The molecule has 3 nitrogen and oxygen atoms in total. The Kier molecular flexibility index (Phi) is 6.14. The highest BCUT2D eigenvalue weighted by molar-refractivity contribution is 5.83. The van der Waals surface area contributed by atoms with Gasteiger partial charge in [-0.25, -0.2) is 4.39 Å². The van der Waals surface area contributed by atoms with Crippen LogP contribution in [-0.2, 0) is 14.9 Å². The molecule has 4 heteroatoms. The highest BCUT2D eigenvalue weighted by Gasteiger charge is 2.42. The van der Waals surface area contributed by atoms with E-state index in [1.54, 1.807) is 25.1 Å². The molecule has 1 aromatic carbocycles. The molecule has 0 fully saturated rings. The molecule has 0 aliphatic carbocycles. The maximum atomic E-state index is 14.1. The third-order valence-electron chi connectivity index (χ3n) is 3.55. The van der Waals surface area contributed by atoms with E-state index in [1.807, 2.05) is 0 Å². The normalized spacial score (nSPS) is 14.1. The van der Waals surface area contributed by atoms with Crippen molar-refractivity contribution in [2.75, 3.05) is 13.2 Å². The van der Waals surface area contributed by atoms with Crippen LogP contribution in [0, 0.1) is 11.7 Å².